The Labute approximate surface area is 128 Å². The van der Waals surface area contributed by atoms with E-state index in [-0.39, 0.29) is 0 Å². The third-order valence-corrected chi connectivity index (χ3v) is 3.50. The highest BCUT2D eigenvalue weighted by Crippen LogP contribution is 2.16. The van der Waals surface area contributed by atoms with E-state index in [2.05, 4.69) is 68.4 Å². The highest BCUT2D eigenvalue weighted by atomic mass is 16.5. The van der Waals surface area contributed by atoms with Crippen molar-refractivity contribution in [2.75, 3.05) is 20.6 Å². The van der Waals surface area contributed by atoms with Gasteiger partial charge < -0.3 is 9.64 Å². The first kappa shape index (κ1) is 15.6. The van der Waals surface area contributed by atoms with Gasteiger partial charge in [0, 0.05) is 0 Å². The number of ether oxygens (including phenoxy) is 1. The molecule has 0 aliphatic carbocycles. The lowest BCUT2D eigenvalue weighted by Gasteiger charge is -2.10. The van der Waals surface area contributed by atoms with Crippen molar-refractivity contribution in [2.24, 2.45) is 0 Å². The third kappa shape index (κ3) is 5.60. The fourth-order valence-corrected chi connectivity index (χ4v) is 2.24. The van der Waals surface area contributed by atoms with Gasteiger partial charge in [0.2, 0.25) is 0 Å². The summed E-state index contributed by atoms with van der Waals surface area (Å²) in [7, 11) is 4.22. The smallest absolute Gasteiger partial charge is 0.120 e. The van der Waals surface area contributed by atoms with Gasteiger partial charge in [0.1, 0.15) is 12.4 Å². The summed E-state index contributed by atoms with van der Waals surface area (Å²) in [6.45, 7) is 3.84. The predicted molar refractivity (Wildman–Crippen MR) is 88.8 cm³/mol. The maximum atomic E-state index is 5.89. The first-order chi connectivity index (χ1) is 10.1. The Balaban J connectivity index is 1.87. The molecule has 0 fully saturated rings. The molecular weight excluding hydrogens is 258 g/mol. The maximum absolute atomic E-state index is 5.89. The van der Waals surface area contributed by atoms with Crippen molar-refractivity contribution in [1.29, 1.82) is 0 Å². The average molecular weight is 283 g/mol. The molecule has 2 aromatic rings. The van der Waals surface area contributed by atoms with Gasteiger partial charge in [-0.1, -0.05) is 42.0 Å². The lowest BCUT2D eigenvalue weighted by atomic mass is 10.1. The molecule has 112 valence electrons. The summed E-state index contributed by atoms with van der Waals surface area (Å²) in [5, 5.41) is 0. The zero-order valence-electron chi connectivity index (χ0n) is 13.3. The highest BCUT2D eigenvalue weighted by Gasteiger charge is 1.99. The van der Waals surface area contributed by atoms with Crippen molar-refractivity contribution in [3.8, 4) is 5.75 Å². The SMILES string of the molecule is Cc1ccc(COc2cccc(CCCN(C)C)c2)cc1. The molecule has 0 heterocycles. The van der Waals surface area contributed by atoms with Gasteiger partial charge in [-0.3, -0.25) is 0 Å². The Kier molecular flexibility index (Phi) is 5.82. The van der Waals surface area contributed by atoms with Gasteiger partial charge >= 0.3 is 0 Å². The molecule has 0 saturated heterocycles. The molecule has 2 nitrogen and oxygen atoms in total. The normalized spacial score (nSPS) is 10.9. The van der Waals surface area contributed by atoms with Crippen molar-refractivity contribution in [3.63, 3.8) is 0 Å². The average Bonchev–Trinajstić information content (AvgIpc) is 2.47. The van der Waals surface area contributed by atoms with Crippen LogP contribution in [0.2, 0.25) is 0 Å². The maximum Gasteiger partial charge on any atom is 0.120 e. The van der Waals surface area contributed by atoms with Crippen LogP contribution in [-0.4, -0.2) is 25.5 Å². The van der Waals surface area contributed by atoms with E-state index in [0.717, 1.165) is 18.7 Å². The molecule has 2 rings (SSSR count). The van der Waals surface area contributed by atoms with Crippen molar-refractivity contribution >= 4 is 0 Å². The van der Waals surface area contributed by atoms with Crippen LogP contribution < -0.4 is 4.74 Å². The number of benzene rings is 2. The molecule has 0 saturated carbocycles. The molecule has 0 amide bonds. The minimum atomic E-state index is 0.626. The first-order valence-corrected chi connectivity index (χ1v) is 7.55. The van der Waals surface area contributed by atoms with E-state index >= 15 is 0 Å². The molecule has 0 spiro atoms. The molecule has 0 N–H and O–H groups in total. The number of rotatable bonds is 7. The fourth-order valence-electron chi connectivity index (χ4n) is 2.24. The monoisotopic (exact) mass is 283 g/mol. The van der Waals surface area contributed by atoms with Crippen LogP contribution >= 0.6 is 0 Å². The summed E-state index contributed by atoms with van der Waals surface area (Å²) >= 11 is 0. The van der Waals surface area contributed by atoms with Gasteiger partial charge in [-0.15, -0.1) is 0 Å². The Hall–Kier alpha value is -1.80. The summed E-state index contributed by atoms with van der Waals surface area (Å²) in [6, 6.07) is 16.9. The molecule has 0 atom stereocenters. The minimum Gasteiger partial charge on any atom is -0.489 e. The first-order valence-electron chi connectivity index (χ1n) is 7.55. The predicted octanol–water partition coefficient (Wildman–Crippen LogP) is 4.07. The molecule has 2 heteroatoms. The summed E-state index contributed by atoms with van der Waals surface area (Å²) in [4.78, 5) is 2.22. The lowest BCUT2D eigenvalue weighted by molar-refractivity contribution is 0.306. The van der Waals surface area contributed by atoms with E-state index in [1.54, 1.807) is 0 Å². The largest absolute Gasteiger partial charge is 0.489 e. The zero-order chi connectivity index (χ0) is 15.1. The molecule has 0 aliphatic heterocycles. The fraction of sp³-hybridized carbons (Fsp3) is 0.368. The standard InChI is InChI=1S/C19H25NO/c1-16-9-11-18(12-10-16)15-21-19-8-4-6-17(14-19)7-5-13-20(2)3/h4,6,8-12,14H,5,7,13,15H2,1-3H3. The molecule has 0 aliphatic rings. The zero-order valence-corrected chi connectivity index (χ0v) is 13.3. The second kappa shape index (κ2) is 7.84. The summed E-state index contributed by atoms with van der Waals surface area (Å²) in [5.74, 6) is 0.956. The van der Waals surface area contributed by atoms with E-state index in [0.29, 0.717) is 6.61 Å². The van der Waals surface area contributed by atoms with Gasteiger partial charge in [-0.2, -0.15) is 0 Å². The van der Waals surface area contributed by atoms with Gasteiger partial charge in [-0.05, 0) is 63.7 Å². The second-order valence-electron chi connectivity index (χ2n) is 5.83. The topological polar surface area (TPSA) is 12.5 Å². The van der Waals surface area contributed by atoms with Crippen LogP contribution in [0.25, 0.3) is 0 Å². The highest BCUT2D eigenvalue weighted by molar-refractivity contribution is 5.29. The van der Waals surface area contributed by atoms with Crippen LogP contribution in [0.5, 0.6) is 5.75 Å². The number of nitrogens with zero attached hydrogens (tertiary/aromatic N) is 1. The summed E-state index contributed by atoms with van der Waals surface area (Å²) < 4.78 is 5.89. The Morgan fingerprint density at radius 1 is 0.952 bits per heavy atom. The summed E-state index contributed by atoms with van der Waals surface area (Å²) in [6.07, 6.45) is 2.27. The van der Waals surface area contributed by atoms with Crippen molar-refractivity contribution in [3.05, 3.63) is 65.2 Å². The molecule has 0 bridgehead atoms. The Morgan fingerprint density at radius 3 is 2.43 bits per heavy atom. The molecule has 0 aromatic heterocycles. The lowest BCUT2D eigenvalue weighted by Crippen LogP contribution is -2.13. The summed E-state index contributed by atoms with van der Waals surface area (Å²) in [5.41, 5.74) is 3.83. The molecule has 2 aromatic carbocycles. The van der Waals surface area contributed by atoms with Crippen LogP contribution in [0.4, 0.5) is 0 Å². The second-order valence-corrected chi connectivity index (χ2v) is 5.83. The Bertz CT molecular complexity index is 546. The van der Waals surface area contributed by atoms with Gasteiger partial charge in [0.15, 0.2) is 0 Å². The van der Waals surface area contributed by atoms with Crippen molar-refractivity contribution in [1.82, 2.24) is 4.90 Å². The Morgan fingerprint density at radius 2 is 1.71 bits per heavy atom. The third-order valence-electron chi connectivity index (χ3n) is 3.50. The van der Waals surface area contributed by atoms with E-state index < -0.39 is 0 Å². The minimum absolute atomic E-state index is 0.626. The van der Waals surface area contributed by atoms with Crippen molar-refractivity contribution in [2.45, 2.75) is 26.4 Å². The molecule has 0 radical (unpaired) electrons. The molecular formula is C19H25NO. The van der Waals surface area contributed by atoms with Crippen LogP contribution in [0, 0.1) is 6.92 Å². The number of hydrogen-bond acceptors (Lipinski definition) is 2. The quantitative estimate of drug-likeness (QED) is 0.759. The van der Waals surface area contributed by atoms with Crippen LogP contribution in [0.15, 0.2) is 48.5 Å². The van der Waals surface area contributed by atoms with Gasteiger partial charge in [0.25, 0.3) is 0 Å². The van der Waals surface area contributed by atoms with Crippen molar-refractivity contribution < 1.29 is 4.74 Å². The molecule has 0 unspecified atom stereocenters. The van der Waals surface area contributed by atoms with Crippen LogP contribution in [0.1, 0.15) is 23.1 Å². The van der Waals surface area contributed by atoms with Gasteiger partial charge in [0.05, 0.1) is 0 Å². The van der Waals surface area contributed by atoms with E-state index in [1.165, 1.54) is 23.1 Å². The van der Waals surface area contributed by atoms with E-state index in [1.807, 2.05) is 6.07 Å². The molecule has 21 heavy (non-hydrogen) atoms. The van der Waals surface area contributed by atoms with E-state index in [4.69, 9.17) is 4.74 Å². The van der Waals surface area contributed by atoms with Crippen LogP contribution in [-0.2, 0) is 13.0 Å². The van der Waals surface area contributed by atoms with Gasteiger partial charge in [-0.25, -0.2) is 0 Å². The number of hydrogen-bond donors (Lipinski definition) is 0. The number of aryl methyl sites for hydroxylation is 2. The van der Waals surface area contributed by atoms with E-state index in [9.17, 15) is 0 Å². The van der Waals surface area contributed by atoms with Crippen LogP contribution in [0.3, 0.4) is 0 Å².